The Morgan fingerprint density at radius 2 is 1.76 bits per heavy atom. The highest BCUT2D eigenvalue weighted by Gasteiger charge is 2.38. The van der Waals surface area contributed by atoms with E-state index >= 15 is 0 Å². The van der Waals surface area contributed by atoms with Gasteiger partial charge in [0.15, 0.2) is 0 Å². The molecule has 1 saturated carbocycles. The van der Waals surface area contributed by atoms with Gasteiger partial charge in [-0.3, -0.25) is 0 Å². The van der Waals surface area contributed by atoms with Crippen molar-refractivity contribution in [3.05, 3.63) is 23.3 Å². The van der Waals surface area contributed by atoms with Crippen LogP contribution < -0.4 is 0 Å². The lowest BCUT2D eigenvalue weighted by atomic mass is 9.73. The highest BCUT2D eigenvalue weighted by Crippen LogP contribution is 2.44. The van der Waals surface area contributed by atoms with E-state index in [9.17, 15) is 20.4 Å². The molecule has 4 N–H and O–H groups in total. The minimum atomic E-state index is -0.658. The van der Waals surface area contributed by atoms with E-state index in [1.54, 1.807) is 0 Å². The molecular weight excluding hydrogens is 268 g/mol. The van der Waals surface area contributed by atoms with Crippen molar-refractivity contribution in [2.75, 3.05) is 13.2 Å². The van der Waals surface area contributed by atoms with Gasteiger partial charge in [-0.2, -0.15) is 0 Å². The van der Waals surface area contributed by atoms with Crippen molar-refractivity contribution >= 4 is 0 Å². The third-order valence-corrected chi connectivity index (χ3v) is 5.68. The highest BCUT2D eigenvalue weighted by molar-refractivity contribution is 5.36. The van der Waals surface area contributed by atoms with Gasteiger partial charge >= 0.3 is 0 Å². The molecule has 6 unspecified atom stereocenters. The van der Waals surface area contributed by atoms with E-state index in [1.165, 1.54) is 11.1 Å². The summed E-state index contributed by atoms with van der Waals surface area (Å²) < 4.78 is 0. The van der Waals surface area contributed by atoms with E-state index in [0.717, 1.165) is 25.7 Å². The summed E-state index contributed by atoms with van der Waals surface area (Å²) in [5.74, 6) is 0.413. The molecule has 0 spiro atoms. The van der Waals surface area contributed by atoms with E-state index in [4.69, 9.17) is 0 Å². The summed E-state index contributed by atoms with van der Waals surface area (Å²) in [6, 6.07) is 0. The number of hydrogen-bond acceptors (Lipinski definition) is 4. The average molecular weight is 294 g/mol. The van der Waals surface area contributed by atoms with E-state index in [1.807, 2.05) is 6.08 Å². The number of aliphatic hydroxyl groups excluding tert-OH is 4. The van der Waals surface area contributed by atoms with Gasteiger partial charge < -0.3 is 20.4 Å². The zero-order chi connectivity index (χ0) is 15.0. The molecule has 3 rings (SSSR count). The summed E-state index contributed by atoms with van der Waals surface area (Å²) in [6.07, 6.45) is 8.10. The smallest absolute Gasteiger partial charge is 0.0678 e. The SMILES string of the molecule is OCC1C=C(C2=CC3CCC(O)C3CC2)CC(CO)C1O. The van der Waals surface area contributed by atoms with Crippen LogP contribution in [-0.2, 0) is 0 Å². The van der Waals surface area contributed by atoms with Crippen LogP contribution in [0.15, 0.2) is 23.3 Å². The summed E-state index contributed by atoms with van der Waals surface area (Å²) in [4.78, 5) is 0. The normalized spacial score (nSPS) is 43.2. The van der Waals surface area contributed by atoms with Gasteiger partial charge in [-0.25, -0.2) is 0 Å². The molecule has 0 aromatic heterocycles. The maximum atomic E-state index is 10.1. The van der Waals surface area contributed by atoms with Crippen molar-refractivity contribution in [2.45, 2.75) is 44.3 Å². The van der Waals surface area contributed by atoms with E-state index in [0.29, 0.717) is 18.3 Å². The molecule has 0 aliphatic heterocycles. The first kappa shape index (κ1) is 15.2. The van der Waals surface area contributed by atoms with E-state index in [2.05, 4.69) is 6.08 Å². The fourth-order valence-corrected chi connectivity index (χ4v) is 4.37. The standard InChI is InChI=1S/C17H26O4/c18-8-13-6-12(7-14(9-19)17(13)21)10-1-3-15-11(5-10)2-4-16(15)20/h5-6,11,13-21H,1-4,7-9H2. The molecule has 0 aromatic rings. The van der Waals surface area contributed by atoms with Gasteiger partial charge in [0.05, 0.1) is 18.8 Å². The molecule has 0 bridgehead atoms. The molecule has 4 heteroatoms. The highest BCUT2D eigenvalue weighted by atomic mass is 16.3. The Bertz CT molecular complexity index is 442. The van der Waals surface area contributed by atoms with E-state index < -0.39 is 6.10 Å². The molecule has 0 radical (unpaired) electrons. The molecule has 0 heterocycles. The van der Waals surface area contributed by atoms with Crippen molar-refractivity contribution < 1.29 is 20.4 Å². The molecule has 1 fully saturated rings. The number of aliphatic hydroxyl groups is 4. The first-order valence-electron chi connectivity index (χ1n) is 8.13. The lowest BCUT2D eigenvalue weighted by molar-refractivity contribution is 0.0122. The third kappa shape index (κ3) is 2.82. The summed E-state index contributed by atoms with van der Waals surface area (Å²) in [6.45, 7) is -0.133. The predicted octanol–water partition coefficient (Wildman–Crippen LogP) is 1.00. The second-order valence-electron chi connectivity index (χ2n) is 6.88. The first-order chi connectivity index (χ1) is 10.1. The average Bonchev–Trinajstić information content (AvgIpc) is 2.88. The van der Waals surface area contributed by atoms with Crippen LogP contribution >= 0.6 is 0 Å². The summed E-state index contributed by atoms with van der Waals surface area (Å²) in [5, 5.41) is 39.0. The van der Waals surface area contributed by atoms with Crippen LogP contribution in [-0.4, -0.2) is 45.8 Å². The van der Waals surface area contributed by atoms with Gasteiger partial charge in [-0.1, -0.05) is 12.2 Å². The lowest BCUT2D eigenvalue weighted by Crippen LogP contribution is -2.36. The lowest BCUT2D eigenvalue weighted by Gasteiger charge is -2.35. The summed E-state index contributed by atoms with van der Waals surface area (Å²) in [7, 11) is 0. The topological polar surface area (TPSA) is 80.9 Å². The molecular formula is C17H26O4. The minimum Gasteiger partial charge on any atom is -0.396 e. The van der Waals surface area contributed by atoms with Gasteiger partial charge in [0.2, 0.25) is 0 Å². The van der Waals surface area contributed by atoms with Crippen LogP contribution in [0, 0.1) is 23.7 Å². The van der Waals surface area contributed by atoms with Gasteiger partial charge in [-0.05, 0) is 55.1 Å². The predicted molar refractivity (Wildman–Crippen MR) is 79.4 cm³/mol. The number of fused-ring (bicyclic) bond motifs is 1. The van der Waals surface area contributed by atoms with Crippen LogP contribution in [0.5, 0.6) is 0 Å². The zero-order valence-electron chi connectivity index (χ0n) is 12.4. The Kier molecular flexibility index (Phi) is 4.50. The molecule has 0 saturated heterocycles. The van der Waals surface area contributed by atoms with Crippen LogP contribution in [0.3, 0.4) is 0 Å². The molecule has 0 aromatic carbocycles. The van der Waals surface area contributed by atoms with Crippen LogP contribution in [0.4, 0.5) is 0 Å². The second-order valence-corrected chi connectivity index (χ2v) is 6.88. The quantitative estimate of drug-likeness (QED) is 0.626. The van der Waals surface area contributed by atoms with Gasteiger partial charge in [0.1, 0.15) is 0 Å². The third-order valence-electron chi connectivity index (χ3n) is 5.68. The summed E-state index contributed by atoms with van der Waals surface area (Å²) in [5.41, 5.74) is 2.48. The molecule has 21 heavy (non-hydrogen) atoms. The molecule has 0 amide bonds. The van der Waals surface area contributed by atoms with Crippen LogP contribution in [0.2, 0.25) is 0 Å². The van der Waals surface area contributed by atoms with Crippen molar-refractivity contribution in [1.82, 2.24) is 0 Å². The van der Waals surface area contributed by atoms with Crippen molar-refractivity contribution in [3.8, 4) is 0 Å². The molecule has 118 valence electrons. The van der Waals surface area contributed by atoms with Crippen molar-refractivity contribution in [1.29, 1.82) is 0 Å². The number of allylic oxidation sites excluding steroid dienone is 3. The molecule has 6 atom stereocenters. The fraction of sp³-hybridized carbons (Fsp3) is 0.765. The van der Waals surface area contributed by atoms with Crippen molar-refractivity contribution in [2.24, 2.45) is 23.7 Å². The Hall–Kier alpha value is -0.680. The van der Waals surface area contributed by atoms with Crippen molar-refractivity contribution in [3.63, 3.8) is 0 Å². The van der Waals surface area contributed by atoms with Gasteiger partial charge in [-0.15, -0.1) is 0 Å². The Labute approximate surface area is 125 Å². The number of hydrogen-bond donors (Lipinski definition) is 4. The molecule has 4 nitrogen and oxygen atoms in total. The molecule has 3 aliphatic rings. The second kappa shape index (κ2) is 6.21. The summed E-state index contributed by atoms with van der Waals surface area (Å²) >= 11 is 0. The first-order valence-corrected chi connectivity index (χ1v) is 8.13. The van der Waals surface area contributed by atoms with E-state index in [-0.39, 0.29) is 31.2 Å². The number of rotatable bonds is 3. The largest absolute Gasteiger partial charge is 0.396 e. The van der Waals surface area contributed by atoms with Crippen LogP contribution in [0.1, 0.15) is 32.1 Å². The zero-order valence-corrected chi connectivity index (χ0v) is 12.4. The fourth-order valence-electron chi connectivity index (χ4n) is 4.37. The Morgan fingerprint density at radius 1 is 0.952 bits per heavy atom. The van der Waals surface area contributed by atoms with Gasteiger partial charge in [0.25, 0.3) is 0 Å². The Morgan fingerprint density at radius 3 is 2.48 bits per heavy atom. The van der Waals surface area contributed by atoms with Gasteiger partial charge in [0, 0.05) is 18.4 Å². The van der Waals surface area contributed by atoms with Crippen LogP contribution in [0.25, 0.3) is 0 Å². The Balaban J connectivity index is 1.81. The monoisotopic (exact) mass is 294 g/mol. The maximum absolute atomic E-state index is 10.1. The molecule has 3 aliphatic carbocycles. The minimum absolute atomic E-state index is 0.0486. The maximum Gasteiger partial charge on any atom is 0.0678 e.